The molecular formula is C24H27N5O. The van der Waals surface area contributed by atoms with E-state index in [0.717, 1.165) is 42.1 Å². The lowest BCUT2D eigenvalue weighted by atomic mass is 10.1. The van der Waals surface area contributed by atoms with E-state index in [0.29, 0.717) is 12.2 Å². The van der Waals surface area contributed by atoms with Crippen LogP contribution in [0, 0.1) is 0 Å². The highest BCUT2D eigenvalue weighted by Gasteiger charge is 2.12. The Bertz CT molecular complexity index is 1130. The Labute approximate surface area is 176 Å². The van der Waals surface area contributed by atoms with Crippen molar-refractivity contribution in [2.45, 2.75) is 25.9 Å². The van der Waals surface area contributed by atoms with E-state index in [1.54, 1.807) is 19.0 Å². The Hall–Kier alpha value is -3.54. The van der Waals surface area contributed by atoms with Gasteiger partial charge in [0.2, 0.25) is 5.95 Å². The third-order valence-electron chi connectivity index (χ3n) is 5.16. The summed E-state index contributed by atoms with van der Waals surface area (Å²) in [7, 11) is 3.50. The van der Waals surface area contributed by atoms with Crippen LogP contribution in [0.15, 0.2) is 66.7 Å². The standard InChI is InChI=1S/C24H27N5O/c1-28(2)23(30)21-15-14-19(26-21)17-25-24-27-20-12-6-7-13-22(20)29(24)16-8-11-18-9-4-3-5-10-18/h3-7,9-10,12-15,26H,8,11,16-17H2,1-2H3,(H,25,27). The zero-order valence-corrected chi connectivity index (χ0v) is 17.4. The van der Waals surface area contributed by atoms with Crippen LogP contribution in [0.1, 0.15) is 28.2 Å². The van der Waals surface area contributed by atoms with E-state index in [4.69, 9.17) is 4.98 Å². The summed E-state index contributed by atoms with van der Waals surface area (Å²) < 4.78 is 2.24. The molecule has 0 aliphatic carbocycles. The first-order chi connectivity index (χ1) is 14.6. The molecule has 0 aliphatic rings. The number of rotatable bonds is 8. The van der Waals surface area contributed by atoms with E-state index in [1.807, 2.05) is 36.4 Å². The third-order valence-corrected chi connectivity index (χ3v) is 5.16. The van der Waals surface area contributed by atoms with E-state index >= 15 is 0 Å². The lowest BCUT2D eigenvalue weighted by Crippen LogP contribution is -2.22. The lowest BCUT2D eigenvalue weighted by molar-refractivity contribution is 0.0822. The second-order valence-electron chi connectivity index (χ2n) is 7.62. The summed E-state index contributed by atoms with van der Waals surface area (Å²) in [6, 6.07) is 22.5. The molecule has 2 heterocycles. The van der Waals surface area contributed by atoms with E-state index < -0.39 is 0 Å². The molecule has 0 spiro atoms. The summed E-state index contributed by atoms with van der Waals surface area (Å²) in [6.45, 7) is 1.45. The number of carbonyl (C=O) groups excluding carboxylic acids is 1. The zero-order chi connectivity index (χ0) is 20.9. The van der Waals surface area contributed by atoms with E-state index in [1.165, 1.54) is 5.56 Å². The Kier molecular flexibility index (Phi) is 5.84. The fourth-order valence-corrected chi connectivity index (χ4v) is 3.61. The summed E-state index contributed by atoms with van der Waals surface area (Å²) in [5, 5.41) is 3.44. The number of aromatic amines is 1. The minimum Gasteiger partial charge on any atom is -0.353 e. The monoisotopic (exact) mass is 401 g/mol. The highest BCUT2D eigenvalue weighted by Crippen LogP contribution is 2.21. The van der Waals surface area contributed by atoms with Gasteiger partial charge in [-0.15, -0.1) is 0 Å². The second kappa shape index (κ2) is 8.86. The van der Waals surface area contributed by atoms with Gasteiger partial charge >= 0.3 is 0 Å². The molecule has 6 heteroatoms. The van der Waals surface area contributed by atoms with Gasteiger partial charge in [0.05, 0.1) is 17.6 Å². The van der Waals surface area contributed by atoms with Crippen molar-refractivity contribution < 1.29 is 4.79 Å². The molecule has 0 fully saturated rings. The molecule has 0 radical (unpaired) electrons. The molecule has 2 N–H and O–H groups in total. The number of hydrogen-bond acceptors (Lipinski definition) is 3. The number of nitrogens with zero attached hydrogens (tertiary/aromatic N) is 3. The number of benzene rings is 2. The predicted octanol–water partition coefficient (Wildman–Crippen LogP) is 4.31. The second-order valence-corrected chi connectivity index (χ2v) is 7.62. The van der Waals surface area contributed by atoms with E-state index in [2.05, 4.69) is 45.2 Å². The number of H-pyrrole nitrogens is 1. The van der Waals surface area contributed by atoms with Crippen LogP contribution in [-0.2, 0) is 19.5 Å². The van der Waals surface area contributed by atoms with Crippen molar-refractivity contribution in [1.82, 2.24) is 19.4 Å². The molecule has 30 heavy (non-hydrogen) atoms. The highest BCUT2D eigenvalue weighted by atomic mass is 16.2. The molecule has 0 saturated heterocycles. The maximum atomic E-state index is 12.1. The fraction of sp³-hybridized carbons (Fsp3) is 0.250. The predicted molar refractivity (Wildman–Crippen MR) is 121 cm³/mol. The smallest absolute Gasteiger partial charge is 0.269 e. The Morgan fingerprint density at radius 1 is 1.03 bits per heavy atom. The van der Waals surface area contributed by atoms with Crippen LogP contribution in [0.25, 0.3) is 11.0 Å². The molecule has 4 aromatic rings. The number of aryl methyl sites for hydroxylation is 2. The van der Waals surface area contributed by atoms with E-state index in [-0.39, 0.29) is 5.91 Å². The van der Waals surface area contributed by atoms with Crippen molar-refractivity contribution in [3.63, 3.8) is 0 Å². The number of imidazole rings is 1. The molecule has 6 nitrogen and oxygen atoms in total. The van der Waals surface area contributed by atoms with Gasteiger partial charge in [-0.3, -0.25) is 4.79 Å². The zero-order valence-electron chi connectivity index (χ0n) is 17.4. The van der Waals surface area contributed by atoms with Gasteiger partial charge in [-0.1, -0.05) is 42.5 Å². The number of nitrogens with one attached hydrogen (secondary N) is 2. The minimum atomic E-state index is -0.0330. The maximum Gasteiger partial charge on any atom is 0.269 e. The summed E-state index contributed by atoms with van der Waals surface area (Å²) in [5.41, 5.74) is 5.00. The average Bonchev–Trinajstić information content (AvgIpc) is 3.37. The summed E-state index contributed by atoms with van der Waals surface area (Å²) in [6.07, 6.45) is 2.06. The Morgan fingerprint density at radius 2 is 1.80 bits per heavy atom. The third kappa shape index (κ3) is 4.38. The average molecular weight is 402 g/mol. The van der Waals surface area contributed by atoms with Crippen molar-refractivity contribution in [1.29, 1.82) is 0 Å². The number of amides is 1. The van der Waals surface area contributed by atoms with Gasteiger partial charge in [0.15, 0.2) is 0 Å². The number of aromatic nitrogens is 3. The van der Waals surface area contributed by atoms with Crippen LogP contribution in [0.3, 0.4) is 0 Å². The first-order valence-corrected chi connectivity index (χ1v) is 10.2. The fourth-order valence-electron chi connectivity index (χ4n) is 3.61. The van der Waals surface area contributed by atoms with Crippen LogP contribution >= 0.6 is 0 Å². The molecule has 2 aromatic heterocycles. The van der Waals surface area contributed by atoms with Gasteiger partial charge in [0, 0.05) is 26.3 Å². The molecule has 0 aliphatic heterocycles. The quantitative estimate of drug-likeness (QED) is 0.462. The molecule has 154 valence electrons. The summed E-state index contributed by atoms with van der Waals surface area (Å²) >= 11 is 0. The van der Waals surface area contributed by atoms with E-state index in [9.17, 15) is 4.79 Å². The number of anilines is 1. The van der Waals surface area contributed by atoms with Crippen molar-refractivity contribution in [2.75, 3.05) is 19.4 Å². The van der Waals surface area contributed by atoms with Gasteiger partial charge < -0.3 is 19.8 Å². The van der Waals surface area contributed by atoms with Crippen molar-refractivity contribution >= 4 is 22.9 Å². The molecule has 0 unspecified atom stereocenters. The molecule has 0 atom stereocenters. The van der Waals surface area contributed by atoms with Gasteiger partial charge in [-0.2, -0.15) is 0 Å². The van der Waals surface area contributed by atoms with Crippen LogP contribution in [0.2, 0.25) is 0 Å². The normalized spacial score (nSPS) is 11.0. The van der Waals surface area contributed by atoms with Crippen molar-refractivity contribution in [3.05, 3.63) is 83.7 Å². The van der Waals surface area contributed by atoms with Crippen LogP contribution in [-0.4, -0.2) is 39.4 Å². The SMILES string of the molecule is CN(C)C(=O)c1ccc(CNc2nc3ccccc3n2CCCc2ccccc2)[nH]1. The van der Waals surface area contributed by atoms with Gasteiger partial charge in [0.25, 0.3) is 5.91 Å². The Balaban J connectivity index is 1.48. The maximum absolute atomic E-state index is 12.1. The largest absolute Gasteiger partial charge is 0.353 e. The van der Waals surface area contributed by atoms with Crippen LogP contribution in [0.4, 0.5) is 5.95 Å². The molecule has 0 saturated carbocycles. The molecule has 0 bridgehead atoms. The highest BCUT2D eigenvalue weighted by molar-refractivity contribution is 5.92. The van der Waals surface area contributed by atoms with Crippen molar-refractivity contribution in [2.24, 2.45) is 0 Å². The number of carbonyl (C=O) groups is 1. The van der Waals surface area contributed by atoms with Crippen LogP contribution in [0.5, 0.6) is 0 Å². The van der Waals surface area contributed by atoms with Gasteiger partial charge in [-0.05, 0) is 42.7 Å². The van der Waals surface area contributed by atoms with Crippen molar-refractivity contribution in [3.8, 4) is 0 Å². The number of para-hydroxylation sites is 2. The first kappa shape index (κ1) is 19.8. The summed E-state index contributed by atoms with van der Waals surface area (Å²) in [5.74, 6) is 0.814. The molecular weight excluding hydrogens is 374 g/mol. The first-order valence-electron chi connectivity index (χ1n) is 10.2. The van der Waals surface area contributed by atoms with Gasteiger partial charge in [0.1, 0.15) is 5.69 Å². The number of hydrogen-bond donors (Lipinski definition) is 2. The molecule has 2 aromatic carbocycles. The van der Waals surface area contributed by atoms with Crippen LogP contribution < -0.4 is 5.32 Å². The topological polar surface area (TPSA) is 66.0 Å². The number of fused-ring (bicyclic) bond motifs is 1. The lowest BCUT2D eigenvalue weighted by Gasteiger charge is -2.11. The summed E-state index contributed by atoms with van der Waals surface area (Å²) in [4.78, 5) is 21.6. The molecule has 1 amide bonds. The minimum absolute atomic E-state index is 0.0330. The Morgan fingerprint density at radius 3 is 2.60 bits per heavy atom. The van der Waals surface area contributed by atoms with Gasteiger partial charge in [-0.25, -0.2) is 4.98 Å². The molecule has 4 rings (SSSR count).